The number of hydrogen-bond acceptors (Lipinski definition) is 2. The summed E-state index contributed by atoms with van der Waals surface area (Å²) in [4.78, 5) is 4.48. The Hall–Kier alpha value is -3.04. The highest BCUT2D eigenvalue weighted by Gasteiger charge is 2.15. The molecule has 0 unspecified atom stereocenters. The third-order valence-electron chi connectivity index (χ3n) is 4.07. The second-order valence-corrected chi connectivity index (χ2v) is 6.10. The molecule has 0 radical (unpaired) electrons. The summed E-state index contributed by atoms with van der Waals surface area (Å²) in [5.41, 5.74) is 3.31. The summed E-state index contributed by atoms with van der Waals surface area (Å²) in [6.45, 7) is 0. The van der Waals surface area contributed by atoms with E-state index in [4.69, 9.17) is 11.6 Å². The number of para-hydroxylation sites is 2. The fourth-order valence-corrected chi connectivity index (χ4v) is 3.01. The van der Waals surface area contributed by atoms with Crippen LogP contribution >= 0.6 is 11.6 Å². The van der Waals surface area contributed by atoms with Crippen molar-refractivity contribution in [3.63, 3.8) is 0 Å². The van der Waals surface area contributed by atoms with E-state index >= 15 is 0 Å². The predicted molar refractivity (Wildman–Crippen MR) is 104 cm³/mol. The van der Waals surface area contributed by atoms with Crippen LogP contribution < -0.4 is 0 Å². The van der Waals surface area contributed by atoms with Crippen LogP contribution in [0.25, 0.3) is 16.6 Å². The molecular formula is C21H15ClN2O. The lowest BCUT2D eigenvalue weighted by Crippen LogP contribution is -1.92. The van der Waals surface area contributed by atoms with Gasteiger partial charge in [-0.15, -0.1) is 0 Å². The maximum Gasteiger partial charge on any atom is 0.205 e. The van der Waals surface area contributed by atoms with E-state index in [0.717, 1.165) is 22.3 Å². The van der Waals surface area contributed by atoms with Gasteiger partial charge in [0.25, 0.3) is 0 Å². The molecule has 0 amide bonds. The fourth-order valence-electron chi connectivity index (χ4n) is 2.88. The molecule has 0 aliphatic heterocycles. The van der Waals surface area contributed by atoms with E-state index in [2.05, 4.69) is 4.99 Å². The van der Waals surface area contributed by atoms with Crippen LogP contribution in [-0.4, -0.2) is 15.9 Å². The zero-order valence-corrected chi connectivity index (χ0v) is 14.1. The first kappa shape index (κ1) is 15.5. The van der Waals surface area contributed by atoms with Crippen LogP contribution in [0.4, 0.5) is 5.69 Å². The Balaban J connectivity index is 1.87. The maximum atomic E-state index is 10.8. The smallest absolute Gasteiger partial charge is 0.205 e. The van der Waals surface area contributed by atoms with E-state index in [0.29, 0.717) is 10.6 Å². The Morgan fingerprint density at radius 2 is 1.52 bits per heavy atom. The van der Waals surface area contributed by atoms with Gasteiger partial charge in [0.15, 0.2) is 0 Å². The molecule has 0 atom stereocenters. The van der Waals surface area contributed by atoms with Crippen LogP contribution in [0.15, 0.2) is 83.9 Å². The number of halogens is 1. The Bertz CT molecular complexity index is 1050. The number of aromatic hydroxyl groups is 1. The minimum atomic E-state index is 0.171. The second-order valence-electron chi connectivity index (χ2n) is 5.66. The van der Waals surface area contributed by atoms with Crippen molar-refractivity contribution >= 4 is 34.4 Å². The number of aliphatic imine (C=N–C) groups is 1. The van der Waals surface area contributed by atoms with Gasteiger partial charge in [-0.3, -0.25) is 9.56 Å². The zero-order valence-electron chi connectivity index (χ0n) is 13.3. The monoisotopic (exact) mass is 346 g/mol. The van der Waals surface area contributed by atoms with Crippen molar-refractivity contribution in [2.24, 2.45) is 4.99 Å². The first-order valence-electron chi connectivity index (χ1n) is 7.91. The van der Waals surface area contributed by atoms with Crippen molar-refractivity contribution in [2.45, 2.75) is 0 Å². The Labute approximate surface area is 150 Å². The molecule has 122 valence electrons. The van der Waals surface area contributed by atoms with E-state index in [-0.39, 0.29) is 5.88 Å². The van der Waals surface area contributed by atoms with Crippen molar-refractivity contribution in [3.8, 4) is 11.6 Å². The van der Waals surface area contributed by atoms with Crippen molar-refractivity contribution in [3.05, 3.63) is 89.4 Å². The molecule has 0 bridgehead atoms. The topological polar surface area (TPSA) is 37.5 Å². The summed E-state index contributed by atoms with van der Waals surface area (Å²) in [6.07, 6.45) is 1.69. The lowest BCUT2D eigenvalue weighted by atomic mass is 10.2. The molecule has 3 nitrogen and oxygen atoms in total. The minimum absolute atomic E-state index is 0.171. The summed E-state index contributed by atoms with van der Waals surface area (Å²) < 4.78 is 1.83. The molecule has 4 heteroatoms. The van der Waals surface area contributed by atoms with Crippen LogP contribution in [-0.2, 0) is 0 Å². The summed E-state index contributed by atoms with van der Waals surface area (Å²) in [7, 11) is 0. The van der Waals surface area contributed by atoms with Gasteiger partial charge in [0.05, 0.1) is 16.8 Å². The molecule has 0 saturated carbocycles. The molecule has 3 aromatic carbocycles. The molecular weight excluding hydrogens is 332 g/mol. The largest absolute Gasteiger partial charge is 0.494 e. The first-order chi connectivity index (χ1) is 12.2. The lowest BCUT2D eigenvalue weighted by Gasteiger charge is -2.06. The highest BCUT2D eigenvalue weighted by Crippen LogP contribution is 2.33. The van der Waals surface area contributed by atoms with Crippen LogP contribution in [0.3, 0.4) is 0 Å². The number of nitrogens with zero attached hydrogens (tertiary/aromatic N) is 2. The van der Waals surface area contributed by atoms with Crippen LogP contribution in [0, 0.1) is 0 Å². The molecule has 0 spiro atoms. The Kier molecular flexibility index (Phi) is 4.00. The molecule has 0 fully saturated rings. The normalized spacial score (nSPS) is 11.4. The first-order valence-corrected chi connectivity index (χ1v) is 8.29. The molecule has 1 heterocycles. The average molecular weight is 347 g/mol. The molecule has 1 aromatic heterocycles. The van der Waals surface area contributed by atoms with E-state index < -0.39 is 0 Å². The van der Waals surface area contributed by atoms with Crippen molar-refractivity contribution in [2.75, 3.05) is 0 Å². The molecule has 0 aliphatic carbocycles. The molecule has 4 rings (SSSR count). The standard InChI is InChI=1S/C21H15ClN2O/c22-15-10-12-16(13-11-15)23-14-19-18-8-4-5-9-20(18)24(21(19)25)17-6-2-1-3-7-17/h1-14,25H. The number of aromatic nitrogens is 1. The average Bonchev–Trinajstić information content (AvgIpc) is 2.93. The highest BCUT2D eigenvalue weighted by molar-refractivity contribution is 6.30. The van der Waals surface area contributed by atoms with Crippen molar-refractivity contribution in [1.82, 2.24) is 4.57 Å². The lowest BCUT2D eigenvalue weighted by molar-refractivity contribution is 0.444. The Morgan fingerprint density at radius 3 is 2.28 bits per heavy atom. The minimum Gasteiger partial charge on any atom is -0.494 e. The molecule has 4 aromatic rings. The maximum absolute atomic E-state index is 10.8. The van der Waals surface area contributed by atoms with Crippen molar-refractivity contribution in [1.29, 1.82) is 0 Å². The van der Waals surface area contributed by atoms with Gasteiger partial charge in [-0.05, 0) is 42.5 Å². The third-order valence-corrected chi connectivity index (χ3v) is 4.32. The summed E-state index contributed by atoms with van der Waals surface area (Å²) >= 11 is 5.91. The number of rotatable bonds is 3. The molecule has 1 N–H and O–H groups in total. The molecule has 0 aliphatic rings. The second kappa shape index (κ2) is 6.46. The van der Waals surface area contributed by atoms with E-state index in [1.807, 2.05) is 71.3 Å². The summed E-state index contributed by atoms with van der Waals surface area (Å²) in [5.74, 6) is 0.171. The number of benzene rings is 3. The van der Waals surface area contributed by atoms with Gasteiger partial charge in [-0.2, -0.15) is 0 Å². The van der Waals surface area contributed by atoms with Gasteiger partial charge >= 0.3 is 0 Å². The fraction of sp³-hybridized carbons (Fsp3) is 0. The van der Waals surface area contributed by atoms with Crippen LogP contribution in [0.5, 0.6) is 5.88 Å². The van der Waals surface area contributed by atoms with Gasteiger partial charge < -0.3 is 5.11 Å². The molecule has 0 saturated heterocycles. The number of hydrogen-bond donors (Lipinski definition) is 1. The van der Waals surface area contributed by atoms with Gasteiger partial charge in [0.1, 0.15) is 0 Å². The van der Waals surface area contributed by atoms with Crippen molar-refractivity contribution < 1.29 is 5.11 Å². The van der Waals surface area contributed by atoms with E-state index in [1.165, 1.54) is 0 Å². The SMILES string of the molecule is Oc1c(C=Nc2ccc(Cl)cc2)c2ccccc2n1-c1ccccc1. The summed E-state index contributed by atoms with van der Waals surface area (Å²) in [6, 6.07) is 24.9. The van der Waals surface area contributed by atoms with E-state index in [9.17, 15) is 5.11 Å². The quantitative estimate of drug-likeness (QED) is 0.472. The zero-order chi connectivity index (χ0) is 17.2. The van der Waals surface area contributed by atoms with Gasteiger partial charge in [0.2, 0.25) is 5.88 Å². The van der Waals surface area contributed by atoms with E-state index in [1.54, 1.807) is 18.3 Å². The Morgan fingerprint density at radius 1 is 0.840 bits per heavy atom. The van der Waals surface area contributed by atoms with Gasteiger partial charge in [-0.25, -0.2) is 0 Å². The summed E-state index contributed by atoms with van der Waals surface area (Å²) in [5, 5.41) is 12.5. The predicted octanol–water partition coefficient (Wildman–Crippen LogP) is 5.74. The highest BCUT2D eigenvalue weighted by atomic mass is 35.5. The molecule has 25 heavy (non-hydrogen) atoms. The number of fused-ring (bicyclic) bond motifs is 1. The third kappa shape index (κ3) is 2.90. The van der Waals surface area contributed by atoms with Gasteiger partial charge in [0, 0.05) is 22.3 Å². The van der Waals surface area contributed by atoms with Gasteiger partial charge in [-0.1, -0.05) is 48.0 Å². The van der Waals surface area contributed by atoms with Crippen LogP contribution in [0.2, 0.25) is 5.02 Å². The van der Waals surface area contributed by atoms with Crippen LogP contribution in [0.1, 0.15) is 5.56 Å².